The molecular formula is C20H25NO7S. The van der Waals surface area contributed by atoms with E-state index in [1.165, 1.54) is 4.90 Å². The Morgan fingerprint density at radius 1 is 1.31 bits per heavy atom. The number of carbonyl (C=O) groups is 2. The van der Waals surface area contributed by atoms with Crippen LogP contribution in [0, 0.1) is 11.8 Å². The summed E-state index contributed by atoms with van der Waals surface area (Å²) >= 11 is 0. The van der Waals surface area contributed by atoms with Crippen LogP contribution in [0.4, 0.5) is 10.5 Å². The van der Waals surface area contributed by atoms with Gasteiger partial charge in [0.2, 0.25) is 0 Å². The predicted octanol–water partition coefficient (Wildman–Crippen LogP) is 1.80. The number of aliphatic carboxylic acids is 1. The van der Waals surface area contributed by atoms with Crippen molar-refractivity contribution >= 4 is 27.6 Å². The van der Waals surface area contributed by atoms with Gasteiger partial charge in [-0.25, -0.2) is 13.2 Å². The number of carboxylic acid groups (broad SMARTS) is 1. The molecule has 0 radical (unpaired) electrons. The fourth-order valence-corrected chi connectivity index (χ4v) is 3.69. The first-order chi connectivity index (χ1) is 13.6. The van der Waals surface area contributed by atoms with E-state index in [1.807, 2.05) is 0 Å². The average Bonchev–Trinajstić information content (AvgIpc) is 3.01. The van der Waals surface area contributed by atoms with Gasteiger partial charge in [-0.3, -0.25) is 9.69 Å². The van der Waals surface area contributed by atoms with E-state index >= 15 is 0 Å². The number of nitrogens with zero attached hydrogens (tertiary/aromatic N) is 1. The highest BCUT2D eigenvalue weighted by Gasteiger charge is 2.48. The van der Waals surface area contributed by atoms with Gasteiger partial charge in [0.25, 0.3) is 0 Å². The molecule has 158 valence electrons. The molecule has 0 aliphatic carbocycles. The minimum atomic E-state index is -3.91. The van der Waals surface area contributed by atoms with Crippen molar-refractivity contribution in [3.05, 3.63) is 29.8 Å². The van der Waals surface area contributed by atoms with Crippen molar-refractivity contribution in [1.29, 1.82) is 0 Å². The quantitative estimate of drug-likeness (QED) is 0.483. The van der Waals surface area contributed by atoms with Gasteiger partial charge in [-0.15, -0.1) is 0 Å². The monoisotopic (exact) mass is 423 g/mol. The number of hydrogen-bond donors (Lipinski definition) is 2. The van der Waals surface area contributed by atoms with Crippen LogP contribution in [0.5, 0.6) is 0 Å². The maximum absolute atomic E-state index is 12.2. The average molecular weight is 423 g/mol. The van der Waals surface area contributed by atoms with Crippen LogP contribution in [0.1, 0.15) is 38.2 Å². The summed E-state index contributed by atoms with van der Waals surface area (Å²) in [4.78, 5) is 25.1. The third-order valence-electron chi connectivity index (χ3n) is 4.88. The molecular weight excluding hydrogens is 398 g/mol. The molecule has 1 heterocycles. The topological polar surface area (TPSA) is 121 Å². The summed E-state index contributed by atoms with van der Waals surface area (Å²) in [6, 6.07) is 6.92. The minimum absolute atomic E-state index is 0.0589. The Morgan fingerprint density at radius 3 is 2.52 bits per heavy atom. The molecule has 1 aliphatic rings. The lowest BCUT2D eigenvalue weighted by Crippen LogP contribution is -2.46. The van der Waals surface area contributed by atoms with E-state index in [1.54, 1.807) is 24.3 Å². The molecule has 0 aromatic heterocycles. The highest BCUT2D eigenvalue weighted by atomic mass is 32.2. The summed E-state index contributed by atoms with van der Waals surface area (Å²) in [5.74, 6) is 4.54. The van der Waals surface area contributed by atoms with Gasteiger partial charge in [0.05, 0.1) is 6.54 Å². The first-order valence-corrected chi connectivity index (χ1v) is 11.1. The Bertz CT molecular complexity index is 914. The Morgan fingerprint density at radius 2 is 1.97 bits per heavy atom. The normalized spacial score (nSPS) is 18.5. The van der Waals surface area contributed by atoms with Gasteiger partial charge < -0.3 is 14.9 Å². The molecule has 9 heteroatoms. The molecule has 0 saturated carbocycles. The van der Waals surface area contributed by atoms with Crippen molar-refractivity contribution in [2.45, 2.75) is 43.5 Å². The predicted molar refractivity (Wildman–Crippen MR) is 107 cm³/mol. The van der Waals surface area contributed by atoms with Crippen LogP contribution < -0.4 is 4.90 Å². The van der Waals surface area contributed by atoms with Crippen molar-refractivity contribution in [2.24, 2.45) is 0 Å². The van der Waals surface area contributed by atoms with Crippen LogP contribution in [0.2, 0.25) is 0 Å². The number of hydrogen-bond acceptors (Lipinski definition) is 6. The fraction of sp³-hybridized carbons (Fsp3) is 0.500. The first kappa shape index (κ1) is 22.7. The maximum atomic E-state index is 12.2. The van der Waals surface area contributed by atoms with E-state index in [0.717, 1.165) is 25.2 Å². The van der Waals surface area contributed by atoms with Crippen LogP contribution in [-0.2, 0) is 19.4 Å². The van der Waals surface area contributed by atoms with E-state index in [2.05, 4.69) is 11.8 Å². The van der Waals surface area contributed by atoms with Gasteiger partial charge in [0.1, 0.15) is 6.10 Å². The van der Waals surface area contributed by atoms with Crippen LogP contribution in [0.25, 0.3) is 0 Å². The van der Waals surface area contributed by atoms with Gasteiger partial charge in [-0.1, -0.05) is 11.8 Å². The lowest BCUT2D eigenvalue weighted by atomic mass is 10.0. The molecule has 1 saturated heterocycles. The number of carboxylic acids is 1. The highest BCUT2D eigenvalue weighted by Crippen LogP contribution is 2.30. The maximum Gasteiger partial charge on any atom is 0.414 e. The number of rotatable bonds is 8. The van der Waals surface area contributed by atoms with Crippen LogP contribution in [0.15, 0.2) is 24.3 Å². The number of carbonyl (C=O) groups excluding carboxylic acids is 1. The SMILES string of the molecule is C[C@@](C[C@H]1CN(c2ccc(C#CCCCCO)cc2)C(=O)O1)(C(=O)O)S(C)(=O)=O. The summed E-state index contributed by atoms with van der Waals surface area (Å²) < 4.78 is 27.0. The standard InChI is InChI=1S/C20H25NO7S/c1-20(18(23)24,29(2,26)27)13-17-14-21(19(25)28-17)16-10-8-15(9-11-16)7-5-3-4-6-12-22/h8-11,17,22H,3-4,6,12-14H2,1-2H3,(H,23,24)/t17-,20+/m0/s1. The minimum Gasteiger partial charge on any atom is -0.480 e. The largest absolute Gasteiger partial charge is 0.480 e. The third kappa shape index (κ3) is 5.49. The molecule has 0 spiro atoms. The number of ether oxygens (including phenoxy) is 1. The van der Waals surface area contributed by atoms with E-state index in [9.17, 15) is 23.1 Å². The molecule has 1 aliphatic heterocycles. The number of aliphatic hydroxyl groups is 1. The zero-order chi connectivity index (χ0) is 21.7. The highest BCUT2D eigenvalue weighted by molar-refractivity contribution is 7.92. The second kappa shape index (κ2) is 9.29. The lowest BCUT2D eigenvalue weighted by Gasteiger charge is -2.24. The second-order valence-corrected chi connectivity index (χ2v) is 9.60. The molecule has 0 unspecified atom stereocenters. The van der Waals surface area contributed by atoms with Crippen molar-refractivity contribution in [2.75, 3.05) is 24.3 Å². The molecule has 0 bridgehead atoms. The Balaban J connectivity index is 2.06. The van der Waals surface area contributed by atoms with Gasteiger partial charge in [0.15, 0.2) is 14.6 Å². The van der Waals surface area contributed by atoms with E-state index in [-0.39, 0.29) is 19.6 Å². The smallest absolute Gasteiger partial charge is 0.414 e. The van der Waals surface area contributed by atoms with Crippen molar-refractivity contribution < 1.29 is 33.0 Å². The Labute approximate surface area is 170 Å². The number of cyclic esters (lactones) is 1. The summed E-state index contributed by atoms with van der Waals surface area (Å²) in [6.45, 7) is 1.33. The van der Waals surface area contributed by atoms with Crippen LogP contribution >= 0.6 is 0 Å². The lowest BCUT2D eigenvalue weighted by molar-refractivity contribution is -0.140. The summed E-state index contributed by atoms with van der Waals surface area (Å²) in [5, 5.41) is 18.1. The number of benzene rings is 1. The van der Waals surface area contributed by atoms with Crippen LogP contribution in [-0.4, -0.2) is 61.0 Å². The van der Waals surface area contributed by atoms with E-state index < -0.39 is 32.8 Å². The number of sulfone groups is 1. The molecule has 1 fully saturated rings. The summed E-state index contributed by atoms with van der Waals surface area (Å²) in [7, 11) is -3.91. The van der Waals surface area contributed by atoms with Gasteiger partial charge in [0, 0.05) is 37.0 Å². The Kier molecular flexibility index (Phi) is 7.27. The van der Waals surface area contributed by atoms with Crippen LogP contribution in [0.3, 0.4) is 0 Å². The van der Waals surface area contributed by atoms with E-state index in [4.69, 9.17) is 9.84 Å². The molecule has 1 aromatic carbocycles. The van der Waals surface area contributed by atoms with Crippen molar-refractivity contribution in [3.63, 3.8) is 0 Å². The van der Waals surface area contributed by atoms with Crippen molar-refractivity contribution in [1.82, 2.24) is 0 Å². The molecule has 29 heavy (non-hydrogen) atoms. The first-order valence-electron chi connectivity index (χ1n) is 9.19. The molecule has 1 aromatic rings. The van der Waals surface area contributed by atoms with Crippen molar-refractivity contribution in [3.8, 4) is 11.8 Å². The third-order valence-corrected chi connectivity index (χ3v) is 6.86. The number of aliphatic hydroxyl groups excluding tert-OH is 1. The molecule has 1 amide bonds. The zero-order valence-corrected chi connectivity index (χ0v) is 17.2. The van der Waals surface area contributed by atoms with E-state index in [0.29, 0.717) is 18.5 Å². The summed E-state index contributed by atoms with van der Waals surface area (Å²) in [6.07, 6.45) is 1.24. The number of unbranched alkanes of at least 4 members (excludes halogenated alkanes) is 2. The molecule has 2 N–H and O–H groups in total. The number of amides is 1. The molecule has 8 nitrogen and oxygen atoms in total. The molecule has 2 atom stereocenters. The summed E-state index contributed by atoms with van der Waals surface area (Å²) in [5.41, 5.74) is 1.33. The zero-order valence-electron chi connectivity index (χ0n) is 16.4. The van der Waals surface area contributed by atoms with Gasteiger partial charge in [-0.2, -0.15) is 0 Å². The van der Waals surface area contributed by atoms with Gasteiger partial charge in [-0.05, 0) is 44.0 Å². The Hall–Kier alpha value is -2.57. The fourth-order valence-electron chi connectivity index (χ4n) is 2.88. The molecule has 2 rings (SSSR count). The van der Waals surface area contributed by atoms with Gasteiger partial charge >= 0.3 is 12.1 Å². The second-order valence-electron chi connectivity index (χ2n) is 7.16. The number of anilines is 1.